The van der Waals surface area contributed by atoms with Gasteiger partial charge in [-0.2, -0.15) is 0 Å². The van der Waals surface area contributed by atoms with E-state index in [0.29, 0.717) is 13.2 Å². The van der Waals surface area contributed by atoms with Crippen LogP contribution in [0.3, 0.4) is 0 Å². The molecule has 1 aliphatic heterocycles. The summed E-state index contributed by atoms with van der Waals surface area (Å²) in [7, 11) is 0. The maximum Gasteiger partial charge on any atom is 0.309 e. The molecule has 144 valence electrons. The van der Waals surface area contributed by atoms with E-state index in [-0.39, 0.29) is 23.8 Å². The van der Waals surface area contributed by atoms with Crippen LogP contribution < -0.4 is 5.32 Å². The summed E-state index contributed by atoms with van der Waals surface area (Å²) in [4.78, 5) is 26.4. The van der Waals surface area contributed by atoms with Gasteiger partial charge in [-0.25, -0.2) is 0 Å². The van der Waals surface area contributed by atoms with Gasteiger partial charge in [-0.3, -0.25) is 14.5 Å². The molecule has 5 heteroatoms. The first-order valence-corrected chi connectivity index (χ1v) is 9.74. The van der Waals surface area contributed by atoms with E-state index in [1.165, 1.54) is 10.8 Å². The van der Waals surface area contributed by atoms with E-state index in [0.717, 1.165) is 31.5 Å². The number of esters is 1. The fourth-order valence-electron chi connectivity index (χ4n) is 3.78. The Balaban J connectivity index is 1.53. The summed E-state index contributed by atoms with van der Waals surface area (Å²) in [5.74, 6) is -0.116. The minimum atomic E-state index is -0.105. The average Bonchev–Trinajstić information content (AvgIpc) is 2.68. The number of nitrogens with zero attached hydrogens (tertiary/aromatic N) is 1. The number of hydrogen-bond donors (Lipinski definition) is 1. The van der Waals surface area contributed by atoms with Gasteiger partial charge in [-0.1, -0.05) is 42.5 Å². The van der Waals surface area contributed by atoms with Crippen LogP contribution in [-0.2, 0) is 14.3 Å². The van der Waals surface area contributed by atoms with E-state index >= 15 is 0 Å². The zero-order valence-corrected chi connectivity index (χ0v) is 16.1. The summed E-state index contributed by atoms with van der Waals surface area (Å²) in [5.41, 5.74) is 1.13. The van der Waals surface area contributed by atoms with Crippen LogP contribution in [0.4, 0.5) is 0 Å². The van der Waals surface area contributed by atoms with E-state index in [1.54, 1.807) is 0 Å². The first-order valence-electron chi connectivity index (χ1n) is 9.74. The predicted molar refractivity (Wildman–Crippen MR) is 106 cm³/mol. The Bertz CT molecular complexity index is 792. The highest BCUT2D eigenvalue weighted by atomic mass is 16.5. The van der Waals surface area contributed by atoms with Crippen LogP contribution in [-0.4, -0.2) is 43.0 Å². The lowest BCUT2D eigenvalue weighted by atomic mass is 9.97. The van der Waals surface area contributed by atoms with Crippen LogP contribution in [0.1, 0.15) is 38.3 Å². The van der Waals surface area contributed by atoms with Crippen molar-refractivity contribution in [3.63, 3.8) is 0 Å². The zero-order valence-electron chi connectivity index (χ0n) is 16.1. The monoisotopic (exact) mass is 368 g/mol. The second-order valence-corrected chi connectivity index (χ2v) is 7.16. The summed E-state index contributed by atoms with van der Waals surface area (Å²) in [6.07, 6.45) is 1.51. The number of nitrogens with one attached hydrogen (secondary N) is 1. The van der Waals surface area contributed by atoms with Crippen LogP contribution >= 0.6 is 0 Å². The van der Waals surface area contributed by atoms with Crippen molar-refractivity contribution in [2.75, 3.05) is 26.2 Å². The number of amides is 1. The molecule has 3 rings (SSSR count). The Morgan fingerprint density at radius 2 is 1.85 bits per heavy atom. The maximum atomic E-state index is 12.5. The molecule has 1 heterocycles. The highest BCUT2D eigenvalue weighted by Gasteiger charge is 2.27. The molecular formula is C22H28N2O3. The molecule has 1 fully saturated rings. The standard InChI is InChI=1S/C22H28N2O3/c1-3-27-22(26)18-11-13-24(14-12-18)15-21(25)23-16(2)19-10-6-8-17-7-4-5-9-20(17)19/h4-10,16,18H,3,11-15H2,1-2H3,(H,23,25)/t16-/m1/s1. The van der Waals surface area contributed by atoms with Crippen molar-refractivity contribution in [3.8, 4) is 0 Å². The lowest BCUT2D eigenvalue weighted by molar-refractivity contribution is -0.149. The molecule has 1 N–H and O–H groups in total. The van der Waals surface area contributed by atoms with Crippen LogP contribution in [0.15, 0.2) is 42.5 Å². The van der Waals surface area contributed by atoms with Crippen molar-refractivity contribution < 1.29 is 14.3 Å². The molecule has 0 spiro atoms. The van der Waals surface area contributed by atoms with Crippen molar-refractivity contribution in [2.24, 2.45) is 5.92 Å². The molecule has 0 unspecified atom stereocenters. The molecule has 0 aromatic heterocycles. The van der Waals surface area contributed by atoms with Gasteiger partial charge in [0.05, 0.1) is 25.1 Å². The van der Waals surface area contributed by atoms with Crippen LogP contribution in [0.5, 0.6) is 0 Å². The van der Waals surface area contributed by atoms with Gasteiger partial charge >= 0.3 is 5.97 Å². The van der Waals surface area contributed by atoms with Crippen molar-refractivity contribution in [2.45, 2.75) is 32.7 Å². The van der Waals surface area contributed by atoms with Crippen LogP contribution in [0.25, 0.3) is 10.8 Å². The zero-order chi connectivity index (χ0) is 19.2. The molecule has 2 aromatic rings. The Morgan fingerprint density at radius 3 is 2.59 bits per heavy atom. The number of carbonyl (C=O) groups excluding carboxylic acids is 2. The van der Waals surface area contributed by atoms with Crippen molar-refractivity contribution in [3.05, 3.63) is 48.0 Å². The summed E-state index contributed by atoms with van der Waals surface area (Å²) < 4.78 is 5.10. The third-order valence-electron chi connectivity index (χ3n) is 5.24. The molecule has 0 aliphatic carbocycles. The van der Waals surface area contributed by atoms with E-state index in [1.807, 2.05) is 32.0 Å². The molecule has 1 amide bonds. The van der Waals surface area contributed by atoms with Gasteiger partial charge in [0.1, 0.15) is 0 Å². The molecule has 0 bridgehead atoms. The number of carbonyl (C=O) groups is 2. The van der Waals surface area contributed by atoms with Crippen LogP contribution in [0.2, 0.25) is 0 Å². The smallest absolute Gasteiger partial charge is 0.309 e. The Hall–Kier alpha value is -2.40. The van der Waals surface area contributed by atoms with E-state index < -0.39 is 0 Å². The van der Waals surface area contributed by atoms with Crippen molar-refractivity contribution in [1.82, 2.24) is 10.2 Å². The first-order chi connectivity index (χ1) is 13.1. The maximum absolute atomic E-state index is 12.5. The predicted octanol–water partition coefficient (Wildman–Crippen LogP) is 3.29. The van der Waals surface area contributed by atoms with Crippen LogP contribution in [0, 0.1) is 5.92 Å². The molecule has 1 aliphatic rings. The minimum Gasteiger partial charge on any atom is -0.466 e. The van der Waals surface area contributed by atoms with Crippen molar-refractivity contribution >= 4 is 22.6 Å². The quantitative estimate of drug-likeness (QED) is 0.795. The SMILES string of the molecule is CCOC(=O)C1CCN(CC(=O)N[C@H](C)c2cccc3ccccc23)CC1. The van der Waals surface area contributed by atoms with Gasteiger partial charge < -0.3 is 10.1 Å². The Labute approximate surface area is 160 Å². The van der Waals surface area contributed by atoms with Gasteiger partial charge in [0.2, 0.25) is 5.91 Å². The van der Waals surface area contributed by atoms with E-state index in [9.17, 15) is 9.59 Å². The summed E-state index contributed by atoms with van der Waals surface area (Å²) in [6, 6.07) is 14.3. The summed E-state index contributed by atoms with van der Waals surface area (Å²) in [6.45, 7) is 6.14. The lowest BCUT2D eigenvalue weighted by Gasteiger charge is -2.30. The third kappa shape index (κ3) is 4.86. The number of hydrogen-bond acceptors (Lipinski definition) is 4. The molecule has 0 radical (unpaired) electrons. The fourth-order valence-corrected chi connectivity index (χ4v) is 3.78. The number of piperidine rings is 1. The normalized spacial score (nSPS) is 16.8. The highest BCUT2D eigenvalue weighted by molar-refractivity contribution is 5.87. The summed E-state index contributed by atoms with van der Waals surface area (Å²) in [5, 5.41) is 5.47. The van der Waals surface area contributed by atoms with Gasteiger partial charge in [0.25, 0.3) is 0 Å². The lowest BCUT2D eigenvalue weighted by Crippen LogP contribution is -2.43. The second kappa shape index (κ2) is 9.00. The van der Waals surface area contributed by atoms with Gasteiger partial charge in [-0.05, 0) is 56.1 Å². The number of likely N-dealkylation sites (tertiary alicyclic amines) is 1. The van der Waals surface area contributed by atoms with E-state index in [2.05, 4.69) is 34.5 Å². The number of fused-ring (bicyclic) bond motifs is 1. The molecule has 2 aromatic carbocycles. The third-order valence-corrected chi connectivity index (χ3v) is 5.24. The Kier molecular flexibility index (Phi) is 6.45. The fraction of sp³-hybridized carbons (Fsp3) is 0.455. The largest absolute Gasteiger partial charge is 0.466 e. The molecule has 5 nitrogen and oxygen atoms in total. The van der Waals surface area contributed by atoms with Gasteiger partial charge in [0.15, 0.2) is 0 Å². The molecular weight excluding hydrogens is 340 g/mol. The molecule has 1 atom stereocenters. The average molecular weight is 368 g/mol. The van der Waals surface area contributed by atoms with Crippen molar-refractivity contribution in [1.29, 1.82) is 0 Å². The molecule has 27 heavy (non-hydrogen) atoms. The number of rotatable bonds is 6. The first kappa shape index (κ1) is 19.4. The van der Waals surface area contributed by atoms with Gasteiger partial charge in [0, 0.05) is 0 Å². The number of benzene rings is 2. The topological polar surface area (TPSA) is 58.6 Å². The Morgan fingerprint density at radius 1 is 1.15 bits per heavy atom. The second-order valence-electron chi connectivity index (χ2n) is 7.16. The number of ether oxygens (including phenoxy) is 1. The summed E-state index contributed by atoms with van der Waals surface area (Å²) >= 11 is 0. The molecule has 1 saturated heterocycles. The highest BCUT2D eigenvalue weighted by Crippen LogP contribution is 2.24. The van der Waals surface area contributed by atoms with E-state index in [4.69, 9.17) is 4.74 Å². The minimum absolute atomic E-state index is 0.0185. The molecule has 0 saturated carbocycles. The van der Waals surface area contributed by atoms with Gasteiger partial charge in [-0.15, -0.1) is 0 Å².